The highest BCUT2D eigenvalue weighted by Gasteiger charge is 2.30. The van der Waals surface area contributed by atoms with Crippen LogP contribution >= 0.6 is 11.6 Å². The summed E-state index contributed by atoms with van der Waals surface area (Å²) in [6, 6.07) is 12.2. The molecule has 1 N–H and O–H groups in total. The number of halogens is 4. The van der Waals surface area contributed by atoms with Crippen molar-refractivity contribution in [3.63, 3.8) is 0 Å². The Morgan fingerprint density at radius 1 is 1.06 bits per heavy atom. The van der Waals surface area contributed by atoms with Gasteiger partial charge in [-0.3, -0.25) is 14.2 Å². The summed E-state index contributed by atoms with van der Waals surface area (Å²) in [5, 5.41) is 12.0. The van der Waals surface area contributed by atoms with E-state index < -0.39 is 11.7 Å². The molecule has 2 aromatic carbocycles. The summed E-state index contributed by atoms with van der Waals surface area (Å²) in [5.41, 5.74) is 2.93. The molecule has 176 valence electrons. The maximum absolute atomic E-state index is 13.0. The highest BCUT2D eigenvalue weighted by atomic mass is 35.5. The van der Waals surface area contributed by atoms with Gasteiger partial charge in [-0.05, 0) is 49.2 Å². The van der Waals surface area contributed by atoms with Crippen molar-refractivity contribution in [1.29, 1.82) is 0 Å². The van der Waals surface area contributed by atoms with Gasteiger partial charge in [0.1, 0.15) is 0 Å². The van der Waals surface area contributed by atoms with Crippen LogP contribution < -0.4 is 5.32 Å². The number of anilines is 1. The summed E-state index contributed by atoms with van der Waals surface area (Å²) < 4.78 is 42.3. The van der Waals surface area contributed by atoms with Gasteiger partial charge >= 0.3 is 6.18 Å². The van der Waals surface area contributed by atoms with Gasteiger partial charge in [0.05, 0.1) is 46.9 Å². The van der Waals surface area contributed by atoms with Crippen molar-refractivity contribution in [1.82, 2.24) is 19.6 Å². The van der Waals surface area contributed by atoms with Crippen molar-refractivity contribution in [2.24, 2.45) is 0 Å². The van der Waals surface area contributed by atoms with Crippen LogP contribution in [0, 0.1) is 13.8 Å². The zero-order valence-corrected chi connectivity index (χ0v) is 19.2. The quantitative estimate of drug-likeness (QED) is 0.378. The standard InChI is InChI=1S/C24H21ClF3N5O/c1-15-22(16(2)33(31-15)13-18-4-3-5-20(10-18)24(26,27)28)30-23(34)19-8-6-17(7-9-19)12-32-14-21(25)11-29-32/h3-11,14H,12-13H2,1-2H3,(H,30,34). The number of rotatable bonds is 6. The van der Waals surface area contributed by atoms with Crippen LogP contribution in [0.5, 0.6) is 0 Å². The lowest BCUT2D eigenvalue weighted by Gasteiger charge is -2.10. The number of carbonyl (C=O) groups is 1. The number of benzene rings is 2. The number of alkyl halides is 3. The highest BCUT2D eigenvalue weighted by molar-refractivity contribution is 6.30. The minimum absolute atomic E-state index is 0.151. The second-order valence-corrected chi connectivity index (χ2v) is 8.35. The molecule has 4 rings (SSSR count). The van der Waals surface area contributed by atoms with E-state index in [2.05, 4.69) is 15.5 Å². The van der Waals surface area contributed by atoms with Gasteiger partial charge < -0.3 is 5.32 Å². The van der Waals surface area contributed by atoms with Crippen molar-refractivity contribution >= 4 is 23.2 Å². The topological polar surface area (TPSA) is 64.7 Å². The molecule has 1 amide bonds. The molecule has 0 unspecified atom stereocenters. The third-order valence-electron chi connectivity index (χ3n) is 5.37. The summed E-state index contributed by atoms with van der Waals surface area (Å²) in [6.07, 6.45) is -1.14. The van der Waals surface area contributed by atoms with E-state index in [1.807, 2.05) is 12.1 Å². The van der Waals surface area contributed by atoms with Gasteiger partial charge in [-0.15, -0.1) is 0 Å². The summed E-state index contributed by atoms with van der Waals surface area (Å²) in [7, 11) is 0. The van der Waals surface area contributed by atoms with Gasteiger partial charge in [-0.2, -0.15) is 23.4 Å². The molecule has 0 atom stereocenters. The Hall–Kier alpha value is -3.59. The highest BCUT2D eigenvalue weighted by Crippen LogP contribution is 2.30. The van der Waals surface area contributed by atoms with Gasteiger partial charge in [-0.25, -0.2) is 0 Å². The van der Waals surface area contributed by atoms with Gasteiger partial charge in [0.15, 0.2) is 0 Å². The van der Waals surface area contributed by atoms with E-state index in [1.165, 1.54) is 6.07 Å². The molecule has 10 heteroatoms. The Morgan fingerprint density at radius 3 is 2.44 bits per heavy atom. The maximum Gasteiger partial charge on any atom is 0.416 e. The summed E-state index contributed by atoms with van der Waals surface area (Å²) >= 11 is 5.88. The second kappa shape index (κ2) is 9.34. The molecule has 0 aliphatic rings. The Labute approximate surface area is 199 Å². The smallest absolute Gasteiger partial charge is 0.319 e. The number of hydrogen-bond acceptors (Lipinski definition) is 3. The Balaban J connectivity index is 1.46. The number of hydrogen-bond donors (Lipinski definition) is 1. The van der Waals surface area contributed by atoms with Crippen LogP contribution in [-0.4, -0.2) is 25.5 Å². The average Bonchev–Trinajstić information content (AvgIpc) is 3.31. The first-order chi connectivity index (χ1) is 16.1. The largest absolute Gasteiger partial charge is 0.416 e. The van der Waals surface area contributed by atoms with E-state index in [4.69, 9.17) is 11.6 Å². The normalized spacial score (nSPS) is 11.6. The second-order valence-electron chi connectivity index (χ2n) is 7.91. The van der Waals surface area contributed by atoms with E-state index in [0.717, 1.165) is 17.7 Å². The fourth-order valence-electron chi connectivity index (χ4n) is 3.61. The lowest BCUT2D eigenvalue weighted by Crippen LogP contribution is -2.13. The molecule has 0 saturated heterocycles. The molecule has 0 radical (unpaired) electrons. The van der Waals surface area contributed by atoms with E-state index in [9.17, 15) is 18.0 Å². The van der Waals surface area contributed by atoms with Gasteiger partial charge in [0.25, 0.3) is 5.91 Å². The van der Waals surface area contributed by atoms with Crippen LogP contribution in [0.4, 0.5) is 18.9 Å². The monoisotopic (exact) mass is 487 g/mol. The third kappa shape index (κ3) is 5.31. The number of nitrogens with zero attached hydrogens (tertiary/aromatic N) is 4. The minimum atomic E-state index is -4.41. The van der Waals surface area contributed by atoms with Gasteiger partial charge in [-0.1, -0.05) is 35.9 Å². The van der Waals surface area contributed by atoms with Crippen molar-refractivity contribution in [2.45, 2.75) is 33.1 Å². The van der Waals surface area contributed by atoms with Crippen molar-refractivity contribution in [2.75, 3.05) is 5.32 Å². The van der Waals surface area contributed by atoms with Gasteiger partial charge in [0.2, 0.25) is 0 Å². The fraction of sp³-hybridized carbons (Fsp3) is 0.208. The number of carbonyl (C=O) groups excluding carboxylic acids is 1. The molecule has 34 heavy (non-hydrogen) atoms. The van der Waals surface area contributed by atoms with Crippen molar-refractivity contribution < 1.29 is 18.0 Å². The maximum atomic E-state index is 13.0. The van der Waals surface area contributed by atoms with Crippen LogP contribution in [0.15, 0.2) is 60.9 Å². The van der Waals surface area contributed by atoms with E-state index in [1.54, 1.807) is 53.8 Å². The molecule has 2 aromatic heterocycles. The molecule has 6 nitrogen and oxygen atoms in total. The average molecular weight is 488 g/mol. The first kappa shape index (κ1) is 23.6. The molecule has 0 aliphatic heterocycles. The molecule has 4 aromatic rings. The van der Waals surface area contributed by atoms with Crippen molar-refractivity contribution in [3.8, 4) is 0 Å². The van der Waals surface area contributed by atoms with E-state index >= 15 is 0 Å². The lowest BCUT2D eigenvalue weighted by molar-refractivity contribution is -0.137. The summed E-state index contributed by atoms with van der Waals surface area (Å²) in [5.74, 6) is -0.307. The Morgan fingerprint density at radius 2 is 1.79 bits per heavy atom. The zero-order valence-electron chi connectivity index (χ0n) is 18.4. The Bertz CT molecular complexity index is 1330. The number of aromatic nitrogens is 4. The SMILES string of the molecule is Cc1nn(Cc2cccc(C(F)(F)F)c2)c(C)c1NC(=O)c1ccc(Cn2cc(Cl)cn2)cc1. The molecule has 0 aliphatic carbocycles. The van der Waals surface area contributed by atoms with Crippen LogP contribution in [-0.2, 0) is 19.3 Å². The van der Waals surface area contributed by atoms with Crippen LogP contribution in [0.1, 0.15) is 38.4 Å². The fourth-order valence-corrected chi connectivity index (χ4v) is 3.77. The lowest BCUT2D eigenvalue weighted by atomic mass is 10.1. The summed E-state index contributed by atoms with van der Waals surface area (Å²) in [4.78, 5) is 12.8. The predicted octanol–water partition coefficient (Wildman–Crippen LogP) is 5.72. The Kier molecular flexibility index (Phi) is 6.47. The molecule has 0 saturated carbocycles. The number of aryl methyl sites for hydroxylation is 1. The zero-order chi connectivity index (χ0) is 24.5. The molecule has 0 fully saturated rings. The first-order valence-electron chi connectivity index (χ1n) is 10.4. The van der Waals surface area contributed by atoms with E-state index in [-0.39, 0.29) is 12.5 Å². The van der Waals surface area contributed by atoms with Crippen LogP contribution in [0.25, 0.3) is 0 Å². The number of nitrogens with one attached hydrogen (secondary N) is 1. The minimum Gasteiger partial charge on any atom is -0.319 e. The molecule has 0 bridgehead atoms. The summed E-state index contributed by atoms with van der Waals surface area (Å²) in [6.45, 7) is 4.18. The van der Waals surface area contributed by atoms with E-state index in [0.29, 0.717) is 39.8 Å². The molecular formula is C24H21ClF3N5O. The predicted molar refractivity (Wildman–Crippen MR) is 123 cm³/mol. The third-order valence-corrected chi connectivity index (χ3v) is 5.56. The molecule has 2 heterocycles. The number of amides is 1. The van der Waals surface area contributed by atoms with Crippen LogP contribution in [0.3, 0.4) is 0 Å². The van der Waals surface area contributed by atoms with Gasteiger partial charge in [0, 0.05) is 11.8 Å². The van der Waals surface area contributed by atoms with Crippen molar-refractivity contribution in [3.05, 3.63) is 99.6 Å². The molecule has 0 spiro atoms. The molecular weight excluding hydrogens is 467 g/mol. The first-order valence-corrected chi connectivity index (χ1v) is 10.8. The van der Waals surface area contributed by atoms with Crippen LogP contribution in [0.2, 0.25) is 5.02 Å².